The number of benzene rings is 2. The number of ketones is 1. The number of fused-ring (bicyclic) bond motifs is 2. The molecule has 1 N–H and O–H groups in total. The Morgan fingerprint density at radius 1 is 1.17 bits per heavy atom. The molecule has 0 saturated heterocycles. The summed E-state index contributed by atoms with van der Waals surface area (Å²) >= 11 is 0. The zero-order valence-electron chi connectivity index (χ0n) is 17.9. The summed E-state index contributed by atoms with van der Waals surface area (Å²) in [6.07, 6.45) is 4.06. The lowest BCUT2D eigenvalue weighted by Crippen LogP contribution is -2.44. The summed E-state index contributed by atoms with van der Waals surface area (Å²) in [7, 11) is 4.02. The van der Waals surface area contributed by atoms with Crippen molar-refractivity contribution in [1.29, 1.82) is 0 Å². The Morgan fingerprint density at radius 3 is 2.60 bits per heavy atom. The van der Waals surface area contributed by atoms with Crippen LogP contribution >= 0.6 is 0 Å². The Kier molecular flexibility index (Phi) is 4.13. The minimum Gasteiger partial charge on any atom is -0.387 e. The van der Waals surface area contributed by atoms with Gasteiger partial charge < -0.3 is 9.67 Å². The Hall–Kier alpha value is -2.98. The molecule has 0 amide bonds. The molecule has 2 aliphatic rings. The van der Waals surface area contributed by atoms with Gasteiger partial charge in [-0.05, 0) is 25.0 Å². The molecule has 1 aliphatic heterocycles. The van der Waals surface area contributed by atoms with E-state index in [0.717, 1.165) is 28.6 Å². The van der Waals surface area contributed by atoms with E-state index in [2.05, 4.69) is 36.6 Å². The minimum absolute atomic E-state index is 0.0224. The van der Waals surface area contributed by atoms with E-state index in [1.165, 1.54) is 11.3 Å². The van der Waals surface area contributed by atoms with E-state index in [0.29, 0.717) is 5.57 Å². The molecule has 0 spiro atoms. The van der Waals surface area contributed by atoms with Gasteiger partial charge in [0, 0.05) is 47.4 Å². The zero-order valence-corrected chi connectivity index (χ0v) is 17.9. The Labute approximate surface area is 176 Å². The van der Waals surface area contributed by atoms with Crippen LogP contribution in [0.25, 0.3) is 10.9 Å². The molecule has 1 saturated carbocycles. The van der Waals surface area contributed by atoms with Crippen LogP contribution in [0, 0.1) is 0 Å². The second-order valence-electron chi connectivity index (χ2n) is 8.75. The van der Waals surface area contributed by atoms with Gasteiger partial charge in [-0.15, -0.1) is 0 Å². The standard InChI is InChI=1S/C26H27N2O2/c1-5-26(2)19-11-7-9-13-21(19)28(4)22(26)14-17-24(29)23(25(17)30)18-15-27(3)20-12-8-6-10-16(18)20/h6-15,23-24,29H,5H2,1-4H3/q+1. The van der Waals surface area contributed by atoms with Crippen LogP contribution in [-0.2, 0) is 17.3 Å². The molecule has 4 heteroatoms. The van der Waals surface area contributed by atoms with Crippen LogP contribution in [0.15, 0.2) is 66.4 Å². The Bertz CT molecular complexity index is 1260. The maximum atomic E-state index is 13.2. The number of aliphatic hydroxyl groups is 1. The Morgan fingerprint density at radius 2 is 1.87 bits per heavy atom. The van der Waals surface area contributed by atoms with Crippen LogP contribution in [0.4, 0.5) is 5.69 Å². The first-order valence-corrected chi connectivity index (χ1v) is 10.6. The molecule has 3 unspecified atom stereocenters. The number of hydrogen-bond donors (Lipinski definition) is 1. The molecule has 4 nitrogen and oxygen atoms in total. The van der Waals surface area contributed by atoms with Gasteiger partial charge in [0.2, 0.25) is 5.69 Å². The van der Waals surface area contributed by atoms with Crippen molar-refractivity contribution in [2.75, 3.05) is 7.05 Å². The molecule has 5 rings (SSSR count). The second kappa shape index (κ2) is 6.51. The van der Waals surface area contributed by atoms with Crippen LogP contribution in [0.2, 0.25) is 0 Å². The number of aliphatic hydroxyl groups excluding tert-OH is 1. The molecule has 30 heavy (non-hydrogen) atoms. The number of nitrogens with zero attached hydrogens (tertiary/aromatic N) is 2. The number of carbonyl (C=O) groups is 1. The van der Waals surface area contributed by atoms with Crippen molar-refractivity contribution in [3.05, 3.63) is 77.5 Å². The predicted molar refractivity (Wildman–Crippen MR) is 120 cm³/mol. The first kappa shape index (κ1) is 19.0. The summed E-state index contributed by atoms with van der Waals surface area (Å²) in [5.74, 6) is -0.473. The van der Waals surface area contributed by atoms with E-state index in [1.807, 2.05) is 61.3 Å². The summed E-state index contributed by atoms with van der Waals surface area (Å²) in [4.78, 5) is 13.2. The number of rotatable bonds is 3. The van der Waals surface area contributed by atoms with Gasteiger partial charge in [-0.3, -0.25) is 4.79 Å². The quantitative estimate of drug-likeness (QED) is 0.529. The number of aryl methyl sites for hydroxylation is 1. The summed E-state index contributed by atoms with van der Waals surface area (Å²) in [5, 5.41) is 12.1. The third-order valence-corrected chi connectivity index (χ3v) is 7.25. The lowest BCUT2D eigenvalue weighted by atomic mass is 9.69. The zero-order chi connectivity index (χ0) is 21.2. The van der Waals surface area contributed by atoms with Crippen LogP contribution in [0.5, 0.6) is 0 Å². The van der Waals surface area contributed by atoms with Crippen molar-refractivity contribution in [2.24, 2.45) is 7.05 Å². The summed E-state index contributed by atoms with van der Waals surface area (Å²) in [6, 6.07) is 16.4. The van der Waals surface area contributed by atoms with Gasteiger partial charge in [0.1, 0.15) is 7.05 Å². The first-order valence-electron chi connectivity index (χ1n) is 10.6. The van der Waals surface area contributed by atoms with Gasteiger partial charge in [0.15, 0.2) is 11.5 Å². The van der Waals surface area contributed by atoms with E-state index in [9.17, 15) is 9.90 Å². The van der Waals surface area contributed by atoms with E-state index >= 15 is 0 Å². The molecule has 152 valence electrons. The minimum atomic E-state index is -0.783. The Balaban J connectivity index is 1.56. The van der Waals surface area contributed by atoms with Crippen molar-refractivity contribution in [1.82, 2.24) is 4.57 Å². The van der Waals surface area contributed by atoms with Gasteiger partial charge >= 0.3 is 0 Å². The van der Waals surface area contributed by atoms with Crippen LogP contribution < -0.4 is 0 Å². The number of para-hydroxylation sites is 2. The van der Waals surface area contributed by atoms with Gasteiger partial charge in [-0.2, -0.15) is 4.58 Å². The van der Waals surface area contributed by atoms with E-state index in [-0.39, 0.29) is 11.2 Å². The summed E-state index contributed by atoms with van der Waals surface area (Å²) in [5.41, 5.74) is 5.84. The van der Waals surface area contributed by atoms with Gasteiger partial charge in [0.05, 0.1) is 17.4 Å². The molecule has 0 bridgehead atoms. The molecule has 1 fully saturated rings. The van der Waals surface area contributed by atoms with Crippen molar-refractivity contribution in [2.45, 2.75) is 37.7 Å². The SMILES string of the molecule is CCC1(C)C(C=C2C(=O)C(c3cn(C)c4ccccc34)C2O)=[N+](C)c2ccccc21. The molecule has 1 aliphatic carbocycles. The molecule has 2 heterocycles. The fourth-order valence-electron chi connectivity index (χ4n) is 5.29. The lowest BCUT2D eigenvalue weighted by Gasteiger charge is -2.34. The number of aromatic nitrogens is 1. The van der Waals surface area contributed by atoms with Crippen molar-refractivity contribution in [3.63, 3.8) is 0 Å². The highest BCUT2D eigenvalue weighted by Crippen LogP contribution is 2.45. The van der Waals surface area contributed by atoms with Crippen molar-refractivity contribution >= 4 is 28.1 Å². The first-order chi connectivity index (χ1) is 14.4. The third-order valence-electron chi connectivity index (χ3n) is 7.25. The smallest absolute Gasteiger partial charge is 0.209 e. The molecule has 3 atom stereocenters. The molecular formula is C26H27N2O2+. The van der Waals surface area contributed by atoms with Gasteiger partial charge in [-0.25, -0.2) is 0 Å². The second-order valence-corrected chi connectivity index (χ2v) is 8.75. The van der Waals surface area contributed by atoms with E-state index in [1.54, 1.807) is 0 Å². The fourth-order valence-corrected chi connectivity index (χ4v) is 5.29. The molecule has 1 aromatic heterocycles. The summed E-state index contributed by atoms with van der Waals surface area (Å²) < 4.78 is 4.19. The average molecular weight is 400 g/mol. The highest BCUT2D eigenvalue weighted by Gasteiger charge is 2.50. The molecule has 0 radical (unpaired) electrons. The number of hydrogen-bond acceptors (Lipinski definition) is 2. The normalized spacial score (nSPS) is 27.1. The highest BCUT2D eigenvalue weighted by molar-refractivity contribution is 6.16. The number of Topliss-reactive ketones (excluding diaryl/α,β-unsaturated/α-hetero) is 1. The monoisotopic (exact) mass is 399 g/mol. The van der Waals surface area contributed by atoms with Crippen LogP contribution in [0.1, 0.15) is 37.3 Å². The lowest BCUT2D eigenvalue weighted by molar-refractivity contribution is -0.401. The topological polar surface area (TPSA) is 45.2 Å². The largest absolute Gasteiger partial charge is 0.387 e. The number of carbonyl (C=O) groups excluding carboxylic acids is 1. The van der Waals surface area contributed by atoms with Gasteiger partial charge in [0.25, 0.3) is 0 Å². The van der Waals surface area contributed by atoms with E-state index in [4.69, 9.17) is 0 Å². The number of allylic oxidation sites excluding steroid dienone is 1. The van der Waals surface area contributed by atoms with Crippen LogP contribution in [0.3, 0.4) is 0 Å². The predicted octanol–water partition coefficient (Wildman–Crippen LogP) is 4.23. The van der Waals surface area contributed by atoms with Crippen LogP contribution in [-0.4, -0.2) is 38.9 Å². The maximum absolute atomic E-state index is 13.2. The third kappa shape index (κ3) is 2.37. The average Bonchev–Trinajstić information content (AvgIpc) is 3.20. The van der Waals surface area contributed by atoms with E-state index < -0.39 is 12.0 Å². The molecular weight excluding hydrogens is 372 g/mol. The van der Waals surface area contributed by atoms with Gasteiger partial charge in [-0.1, -0.05) is 43.3 Å². The maximum Gasteiger partial charge on any atom is 0.209 e. The molecule has 2 aromatic carbocycles. The highest BCUT2D eigenvalue weighted by atomic mass is 16.3. The van der Waals surface area contributed by atoms with Crippen molar-refractivity contribution < 1.29 is 14.5 Å². The fraction of sp³-hybridized carbons (Fsp3) is 0.308. The summed E-state index contributed by atoms with van der Waals surface area (Å²) in [6.45, 7) is 4.39. The molecule has 3 aromatic rings. The van der Waals surface area contributed by atoms with Crippen molar-refractivity contribution in [3.8, 4) is 0 Å².